The number of hydrogen-bond acceptors (Lipinski definition) is 5. The smallest absolute Gasteiger partial charge is 0.245 e. The number of amides is 1. The molecule has 8 nitrogen and oxygen atoms in total. The summed E-state index contributed by atoms with van der Waals surface area (Å²) in [4.78, 5) is 21.8. The normalized spacial score (nSPS) is 17.0. The number of nitrogens with one attached hydrogen (secondary N) is 2. The number of rotatable bonds is 5. The minimum Gasteiger partial charge on any atom is -0.345 e. The van der Waals surface area contributed by atoms with Crippen LogP contribution in [0.25, 0.3) is 11.0 Å². The topological polar surface area (TPSA) is 98.4 Å². The summed E-state index contributed by atoms with van der Waals surface area (Å²) in [6.45, 7) is 4.92. The Morgan fingerprint density at radius 3 is 2.71 bits per heavy atom. The van der Waals surface area contributed by atoms with Crippen molar-refractivity contribution in [3.8, 4) is 0 Å². The molecule has 0 aliphatic carbocycles. The molecule has 3 heterocycles. The van der Waals surface area contributed by atoms with Crippen molar-refractivity contribution in [3.05, 3.63) is 54.1 Å². The highest BCUT2D eigenvalue weighted by molar-refractivity contribution is 7.89. The second-order valence-corrected chi connectivity index (χ2v) is 9.52. The number of sulfonamides is 1. The first-order chi connectivity index (χ1) is 14.8. The van der Waals surface area contributed by atoms with Crippen LogP contribution in [0.15, 0.2) is 47.6 Å². The zero-order valence-electron chi connectivity index (χ0n) is 17.3. The molecule has 164 valence electrons. The minimum absolute atomic E-state index is 0.205. The number of carbonyl (C=O) groups is 1. The molecule has 10 heteroatoms. The monoisotopic (exact) mass is 445 g/mol. The van der Waals surface area contributed by atoms with Gasteiger partial charge in [-0.25, -0.2) is 17.8 Å². The molecule has 4 rings (SSSR count). The number of aromatic amines is 1. The molecule has 1 amide bonds. The molecule has 0 saturated carbocycles. The maximum Gasteiger partial charge on any atom is 0.245 e. The zero-order chi connectivity index (χ0) is 22.2. The third-order valence-electron chi connectivity index (χ3n) is 5.69. The van der Waals surface area contributed by atoms with E-state index in [4.69, 9.17) is 0 Å². The molecule has 1 atom stereocenters. The summed E-state index contributed by atoms with van der Waals surface area (Å²) in [6.07, 6.45) is 3.07. The molecule has 3 aromatic rings. The van der Waals surface area contributed by atoms with Gasteiger partial charge in [0.25, 0.3) is 0 Å². The van der Waals surface area contributed by atoms with E-state index in [0.717, 1.165) is 5.56 Å². The first-order valence-electron chi connectivity index (χ1n) is 10.0. The number of benzene rings is 1. The standard InChI is InChI=1S/C21H24FN5O3S/c1-14-5-6-16(22)12-18(14)25-21(28)15(2)26-8-10-27(11-9-26)31(29,30)19-13-24-20-17(19)4-3-7-23-20/h3-7,12-13,15H,8-11H2,1-2H3,(H,23,24)(H,25,28). The lowest BCUT2D eigenvalue weighted by Crippen LogP contribution is -2.53. The van der Waals surface area contributed by atoms with Crippen LogP contribution in [-0.4, -0.2) is 65.7 Å². The van der Waals surface area contributed by atoms with E-state index in [0.29, 0.717) is 29.8 Å². The van der Waals surface area contributed by atoms with Crippen LogP contribution >= 0.6 is 0 Å². The van der Waals surface area contributed by atoms with Crippen LogP contribution in [0.2, 0.25) is 0 Å². The van der Waals surface area contributed by atoms with Crippen molar-refractivity contribution in [3.63, 3.8) is 0 Å². The van der Waals surface area contributed by atoms with Gasteiger partial charge in [-0.2, -0.15) is 4.31 Å². The van der Waals surface area contributed by atoms with Gasteiger partial charge in [0.05, 0.1) is 6.04 Å². The van der Waals surface area contributed by atoms with Gasteiger partial charge in [0.1, 0.15) is 16.4 Å². The molecule has 1 fully saturated rings. The van der Waals surface area contributed by atoms with Crippen molar-refractivity contribution in [2.45, 2.75) is 24.8 Å². The SMILES string of the molecule is Cc1ccc(F)cc1NC(=O)C(C)N1CCN(S(=O)(=O)c2c[nH]c3ncccc23)CC1. The number of hydrogen-bond donors (Lipinski definition) is 2. The summed E-state index contributed by atoms with van der Waals surface area (Å²) < 4.78 is 41.2. The molecule has 1 aliphatic rings. The van der Waals surface area contributed by atoms with Crippen LogP contribution < -0.4 is 5.32 Å². The lowest BCUT2D eigenvalue weighted by molar-refractivity contribution is -0.121. The number of piperazine rings is 1. The van der Waals surface area contributed by atoms with E-state index in [2.05, 4.69) is 15.3 Å². The van der Waals surface area contributed by atoms with Crippen molar-refractivity contribution in [1.29, 1.82) is 0 Å². The number of carbonyl (C=O) groups excluding carboxylic acids is 1. The van der Waals surface area contributed by atoms with Gasteiger partial charge >= 0.3 is 0 Å². The van der Waals surface area contributed by atoms with Crippen LogP contribution in [0.5, 0.6) is 0 Å². The highest BCUT2D eigenvalue weighted by Crippen LogP contribution is 2.25. The van der Waals surface area contributed by atoms with Gasteiger partial charge in [-0.1, -0.05) is 6.07 Å². The average molecular weight is 446 g/mol. The highest BCUT2D eigenvalue weighted by atomic mass is 32.2. The van der Waals surface area contributed by atoms with Crippen LogP contribution in [0.4, 0.5) is 10.1 Å². The first-order valence-corrected chi connectivity index (χ1v) is 11.4. The van der Waals surface area contributed by atoms with Gasteiger partial charge in [0, 0.05) is 49.6 Å². The van der Waals surface area contributed by atoms with E-state index >= 15 is 0 Å². The zero-order valence-corrected chi connectivity index (χ0v) is 18.1. The number of nitrogens with zero attached hydrogens (tertiary/aromatic N) is 3. The van der Waals surface area contributed by atoms with Crippen molar-refractivity contribution < 1.29 is 17.6 Å². The summed E-state index contributed by atoms with van der Waals surface area (Å²) in [5, 5.41) is 3.33. The van der Waals surface area contributed by atoms with E-state index < -0.39 is 21.9 Å². The van der Waals surface area contributed by atoms with Gasteiger partial charge in [0.15, 0.2) is 0 Å². The molecule has 1 aliphatic heterocycles. The Balaban J connectivity index is 1.42. The lowest BCUT2D eigenvalue weighted by Gasteiger charge is -2.36. The number of aryl methyl sites for hydroxylation is 1. The number of halogens is 1. The van der Waals surface area contributed by atoms with E-state index in [-0.39, 0.29) is 23.9 Å². The molecule has 2 aromatic heterocycles. The molecule has 1 unspecified atom stereocenters. The maximum absolute atomic E-state index is 13.5. The third-order valence-corrected chi connectivity index (χ3v) is 7.63. The Labute approximate surface area is 180 Å². The fourth-order valence-corrected chi connectivity index (χ4v) is 5.32. The second kappa shape index (κ2) is 8.37. The minimum atomic E-state index is -3.68. The first kappa shape index (κ1) is 21.4. The number of fused-ring (bicyclic) bond motifs is 1. The largest absolute Gasteiger partial charge is 0.345 e. The van der Waals surface area contributed by atoms with Crippen LogP contribution in [0.3, 0.4) is 0 Å². The fourth-order valence-electron chi connectivity index (χ4n) is 3.75. The molecule has 1 saturated heterocycles. The third kappa shape index (κ3) is 4.18. The van der Waals surface area contributed by atoms with E-state index in [1.165, 1.54) is 22.6 Å². The lowest BCUT2D eigenvalue weighted by atomic mass is 10.1. The Morgan fingerprint density at radius 2 is 1.97 bits per heavy atom. The predicted octanol–water partition coefficient (Wildman–Crippen LogP) is 2.34. The van der Waals surface area contributed by atoms with Crippen LogP contribution in [0.1, 0.15) is 12.5 Å². The molecule has 0 bridgehead atoms. The number of aromatic nitrogens is 2. The summed E-state index contributed by atoms with van der Waals surface area (Å²) in [5.41, 5.74) is 1.73. The Morgan fingerprint density at radius 1 is 1.23 bits per heavy atom. The molecule has 1 aromatic carbocycles. The fraction of sp³-hybridized carbons (Fsp3) is 0.333. The Bertz CT molecular complexity index is 1220. The molecule has 0 radical (unpaired) electrons. The van der Waals surface area contributed by atoms with E-state index in [9.17, 15) is 17.6 Å². The summed E-state index contributed by atoms with van der Waals surface area (Å²) in [5.74, 6) is -0.674. The quantitative estimate of drug-likeness (QED) is 0.628. The predicted molar refractivity (Wildman–Crippen MR) is 116 cm³/mol. The summed E-state index contributed by atoms with van der Waals surface area (Å²) in [6, 6.07) is 7.19. The van der Waals surface area contributed by atoms with Gasteiger partial charge in [-0.3, -0.25) is 9.69 Å². The average Bonchev–Trinajstić information content (AvgIpc) is 3.21. The highest BCUT2D eigenvalue weighted by Gasteiger charge is 2.33. The molecular formula is C21H24FN5O3S. The number of pyridine rings is 1. The van der Waals surface area contributed by atoms with Crippen LogP contribution in [-0.2, 0) is 14.8 Å². The Hall–Kier alpha value is -2.82. The van der Waals surface area contributed by atoms with Crippen molar-refractivity contribution >= 4 is 32.7 Å². The number of anilines is 1. The van der Waals surface area contributed by atoms with E-state index in [1.54, 1.807) is 38.2 Å². The molecule has 0 spiro atoms. The van der Waals surface area contributed by atoms with Crippen molar-refractivity contribution in [1.82, 2.24) is 19.2 Å². The second-order valence-electron chi connectivity index (χ2n) is 7.62. The molecule has 31 heavy (non-hydrogen) atoms. The Kier molecular flexibility index (Phi) is 5.78. The van der Waals surface area contributed by atoms with Crippen molar-refractivity contribution in [2.24, 2.45) is 0 Å². The van der Waals surface area contributed by atoms with Crippen molar-refractivity contribution in [2.75, 3.05) is 31.5 Å². The van der Waals surface area contributed by atoms with E-state index in [1.807, 2.05) is 4.90 Å². The molecule has 2 N–H and O–H groups in total. The van der Waals surface area contributed by atoms with Gasteiger partial charge in [-0.05, 0) is 43.7 Å². The van der Waals surface area contributed by atoms with Crippen LogP contribution in [0, 0.1) is 12.7 Å². The van der Waals surface area contributed by atoms with Gasteiger partial charge in [0.2, 0.25) is 15.9 Å². The van der Waals surface area contributed by atoms with Gasteiger partial charge < -0.3 is 10.3 Å². The number of H-pyrrole nitrogens is 1. The summed E-state index contributed by atoms with van der Waals surface area (Å²) >= 11 is 0. The summed E-state index contributed by atoms with van der Waals surface area (Å²) in [7, 11) is -3.68. The maximum atomic E-state index is 13.5. The molecular weight excluding hydrogens is 421 g/mol. The van der Waals surface area contributed by atoms with Gasteiger partial charge in [-0.15, -0.1) is 0 Å².